The number of para-hydroxylation sites is 1. The number of aromatic amines is 1. The summed E-state index contributed by atoms with van der Waals surface area (Å²) in [6, 6.07) is 8.67. The summed E-state index contributed by atoms with van der Waals surface area (Å²) in [5, 5.41) is 13.5. The van der Waals surface area contributed by atoms with Crippen molar-refractivity contribution in [1.82, 2.24) is 10.3 Å². The molecule has 0 spiro atoms. The molecule has 0 bridgehead atoms. The normalized spacial score (nSPS) is 18.2. The first-order chi connectivity index (χ1) is 8.90. The topological polar surface area (TPSA) is 48.0 Å². The van der Waals surface area contributed by atoms with Crippen LogP contribution in [0.2, 0.25) is 0 Å². The van der Waals surface area contributed by atoms with Gasteiger partial charge in [0.15, 0.2) is 0 Å². The van der Waals surface area contributed by atoms with Crippen molar-refractivity contribution in [3.8, 4) is 11.8 Å². The van der Waals surface area contributed by atoms with Crippen LogP contribution in [0.3, 0.4) is 0 Å². The van der Waals surface area contributed by atoms with Gasteiger partial charge in [-0.2, -0.15) is 0 Å². The van der Waals surface area contributed by atoms with Crippen molar-refractivity contribution in [3.05, 3.63) is 35.5 Å². The number of hydrogen-bond donors (Lipinski definition) is 3. The molecule has 3 nitrogen and oxygen atoms in total. The molecule has 1 aliphatic heterocycles. The molecule has 1 atom stereocenters. The predicted octanol–water partition coefficient (Wildman–Crippen LogP) is 1.74. The van der Waals surface area contributed by atoms with E-state index in [-0.39, 0.29) is 12.6 Å². The fourth-order valence-corrected chi connectivity index (χ4v) is 2.67. The van der Waals surface area contributed by atoms with Gasteiger partial charge in [-0.1, -0.05) is 30.0 Å². The van der Waals surface area contributed by atoms with Gasteiger partial charge in [-0.25, -0.2) is 0 Å². The zero-order chi connectivity index (χ0) is 12.4. The molecular weight excluding hydrogens is 224 g/mol. The van der Waals surface area contributed by atoms with E-state index in [1.165, 1.54) is 22.2 Å². The van der Waals surface area contributed by atoms with Crippen LogP contribution in [0, 0.1) is 11.8 Å². The molecular formula is C15H16N2O. The Morgan fingerprint density at radius 1 is 1.28 bits per heavy atom. The molecule has 0 saturated heterocycles. The van der Waals surface area contributed by atoms with Crippen molar-refractivity contribution < 1.29 is 5.11 Å². The van der Waals surface area contributed by atoms with Crippen LogP contribution in [0.15, 0.2) is 24.3 Å². The highest BCUT2D eigenvalue weighted by Crippen LogP contribution is 2.30. The lowest BCUT2D eigenvalue weighted by Gasteiger charge is -2.22. The number of rotatable bonds is 1. The third-order valence-corrected chi connectivity index (χ3v) is 3.47. The molecule has 2 heterocycles. The SMILES string of the molecule is OCC#CC[C@@H]1NCCc2c1[nH]c1ccccc21. The molecule has 92 valence electrons. The second kappa shape index (κ2) is 4.85. The molecule has 0 aliphatic carbocycles. The van der Waals surface area contributed by atoms with Gasteiger partial charge in [-0.3, -0.25) is 0 Å². The summed E-state index contributed by atoms with van der Waals surface area (Å²) in [6.45, 7) is 0.923. The second-order valence-electron chi connectivity index (χ2n) is 4.54. The Balaban J connectivity index is 2.00. The molecule has 3 N–H and O–H groups in total. The monoisotopic (exact) mass is 240 g/mol. The molecule has 0 amide bonds. The van der Waals surface area contributed by atoms with E-state index in [2.05, 4.69) is 46.4 Å². The van der Waals surface area contributed by atoms with E-state index in [1.54, 1.807) is 0 Å². The lowest BCUT2D eigenvalue weighted by Crippen LogP contribution is -2.29. The minimum absolute atomic E-state index is 0.0632. The average molecular weight is 240 g/mol. The maximum atomic E-state index is 8.70. The number of aliphatic hydroxyl groups is 1. The lowest BCUT2D eigenvalue weighted by atomic mass is 9.97. The maximum Gasteiger partial charge on any atom is 0.104 e. The van der Waals surface area contributed by atoms with E-state index in [0.717, 1.165) is 19.4 Å². The van der Waals surface area contributed by atoms with E-state index in [0.29, 0.717) is 0 Å². The molecule has 0 radical (unpaired) electrons. The van der Waals surface area contributed by atoms with Gasteiger partial charge in [-0.05, 0) is 24.6 Å². The van der Waals surface area contributed by atoms with Crippen LogP contribution in [0.1, 0.15) is 23.7 Å². The molecule has 3 heteroatoms. The smallest absolute Gasteiger partial charge is 0.104 e. The van der Waals surface area contributed by atoms with Crippen molar-refractivity contribution in [1.29, 1.82) is 0 Å². The molecule has 3 rings (SSSR count). The van der Waals surface area contributed by atoms with E-state index >= 15 is 0 Å². The Morgan fingerprint density at radius 3 is 3.06 bits per heavy atom. The molecule has 0 saturated carbocycles. The summed E-state index contributed by atoms with van der Waals surface area (Å²) in [7, 11) is 0. The minimum Gasteiger partial charge on any atom is -0.384 e. The first kappa shape index (κ1) is 11.3. The van der Waals surface area contributed by atoms with Crippen molar-refractivity contribution in [2.45, 2.75) is 18.9 Å². The number of nitrogens with one attached hydrogen (secondary N) is 2. The number of aliphatic hydroxyl groups excluding tert-OH is 1. The molecule has 18 heavy (non-hydrogen) atoms. The van der Waals surface area contributed by atoms with E-state index in [9.17, 15) is 0 Å². The lowest BCUT2D eigenvalue weighted by molar-refractivity contribution is 0.350. The van der Waals surface area contributed by atoms with Gasteiger partial charge >= 0.3 is 0 Å². The summed E-state index contributed by atoms with van der Waals surface area (Å²) in [5.41, 5.74) is 3.88. The van der Waals surface area contributed by atoms with Gasteiger partial charge < -0.3 is 15.4 Å². The Labute approximate surface area is 106 Å². The number of benzene rings is 1. The van der Waals surface area contributed by atoms with Gasteiger partial charge in [-0.15, -0.1) is 0 Å². The van der Waals surface area contributed by atoms with Crippen molar-refractivity contribution in [2.24, 2.45) is 0 Å². The molecule has 2 aromatic rings. The van der Waals surface area contributed by atoms with Crippen LogP contribution in [0.4, 0.5) is 0 Å². The summed E-state index contributed by atoms with van der Waals surface area (Å²) in [4.78, 5) is 3.50. The quantitative estimate of drug-likeness (QED) is 0.665. The molecule has 0 fully saturated rings. The highest BCUT2D eigenvalue weighted by molar-refractivity contribution is 5.85. The predicted molar refractivity (Wildman–Crippen MR) is 72.2 cm³/mol. The van der Waals surface area contributed by atoms with E-state index < -0.39 is 0 Å². The molecule has 1 aromatic heterocycles. The summed E-state index contributed by atoms with van der Waals surface area (Å²) < 4.78 is 0. The molecule has 0 unspecified atom stereocenters. The van der Waals surface area contributed by atoms with E-state index in [1.807, 2.05) is 0 Å². The Morgan fingerprint density at radius 2 is 2.17 bits per heavy atom. The van der Waals surface area contributed by atoms with Gasteiger partial charge in [0.05, 0.1) is 6.04 Å². The number of H-pyrrole nitrogens is 1. The van der Waals surface area contributed by atoms with Crippen LogP contribution in [0.25, 0.3) is 10.9 Å². The van der Waals surface area contributed by atoms with Crippen molar-refractivity contribution in [3.63, 3.8) is 0 Å². The van der Waals surface area contributed by atoms with Crippen LogP contribution >= 0.6 is 0 Å². The summed E-state index contributed by atoms with van der Waals surface area (Å²) in [6.07, 6.45) is 1.80. The van der Waals surface area contributed by atoms with Crippen LogP contribution in [0.5, 0.6) is 0 Å². The van der Waals surface area contributed by atoms with Gasteiger partial charge in [0.1, 0.15) is 6.61 Å². The third kappa shape index (κ3) is 1.90. The summed E-state index contributed by atoms with van der Waals surface area (Å²) in [5.74, 6) is 5.72. The third-order valence-electron chi connectivity index (χ3n) is 3.47. The number of hydrogen-bond acceptors (Lipinski definition) is 2. The van der Waals surface area contributed by atoms with Crippen molar-refractivity contribution >= 4 is 10.9 Å². The Kier molecular flexibility index (Phi) is 3.06. The van der Waals surface area contributed by atoms with Crippen LogP contribution in [-0.4, -0.2) is 23.2 Å². The fourth-order valence-electron chi connectivity index (χ4n) is 2.67. The first-order valence-corrected chi connectivity index (χ1v) is 6.29. The summed E-state index contributed by atoms with van der Waals surface area (Å²) >= 11 is 0. The molecule has 1 aliphatic rings. The van der Waals surface area contributed by atoms with Gasteiger partial charge in [0.2, 0.25) is 0 Å². The van der Waals surface area contributed by atoms with Crippen LogP contribution < -0.4 is 5.32 Å². The van der Waals surface area contributed by atoms with Crippen molar-refractivity contribution in [2.75, 3.05) is 13.2 Å². The average Bonchev–Trinajstić information content (AvgIpc) is 2.79. The second-order valence-corrected chi connectivity index (χ2v) is 4.54. The first-order valence-electron chi connectivity index (χ1n) is 6.29. The largest absolute Gasteiger partial charge is 0.384 e. The Bertz CT molecular complexity index is 618. The van der Waals surface area contributed by atoms with E-state index in [4.69, 9.17) is 5.11 Å². The minimum atomic E-state index is -0.0632. The standard InChI is InChI=1S/C15H16N2O/c18-10-4-3-7-14-15-12(8-9-16-14)11-5-1-2-6-13(11)17-15/h1-2,5-6,14,16-18H,7-10H2/t14-/m0/s1. The van der Waals surface area contributed by atoms with Gasteiger partial charge in [0.25, 0.3) is 0 Å². The highest BCUT2D eigenvalue weighted by Gasteiger charge is 2.22. The number of aromatic nitrogens is 1. The highest BCUT2D eigenvalue weighted by atomic mass is 16.2. The Hall–Kier alpha value is -1.76. The maximum absolute atomic E-state index is 8.70. The zero-order valence-electron chi connectivity index (χ0n) is 10.2. The number of fused-ring (bicyclic) bond motifs is 3. The van der Waals surface area contributed by atoms with Gasteiger partial charge in [0, 0.05) is 23.0 Å². The fraction of sp³-hybridized carbons (Fsp3) is 0.333. The molecule has 1 aromatic carbocycles. The zero-order valence-corrected chi connectivity index (χ0v) is 10.2. The van der Waals surface area contributed by atoms with Crippen LogP contribution in [-0.2, 0) is 6.42 Å².